The number of ether oxygens (including phenoxy) is 1. The van der Waals surface area contributed by atoms with Crippen molar-refractivity contribution in [3.63, 3.8) is 0 Å². The lowest BCUT2D eigenvalue weighted by Gasteiger charge is -2.22. The Balaban J connectivity index is 1.68. The summed E-state index contributed by atoms with van der Waals surface area (Å²) in [6.07, 6.45) is 4.85. The third-order valence-electron chi connectivity index (χ3n) is 5.07. The van der Waals surface area contributed by atoms with Crippen LogP contribution in [0, 0.1) is 0 Å². The minimum absolute atomic E-state index is 0.0575. The van der Waals surface area contributed by atoms with Gasteiger partial charge in [-0.3, -0.25) is 4.79 Å². The maximum absolute atomic E-state index is 12.4. The first kappa shape index (κ1) is 19.6. The molecule has 4 heteroatoms. The molecule has 0 radical (unpaired) electrons. The second-order valence-electron chi connectivity index (χ2n) is 7.13. The molecule has 144 valence electrons. The molecular formula is C23H30N2O2. The molecule has 2 aromatic rings. The summed E-state index contributed by atoms with van der Waals surface area (Å²) in [5, 5.41) is 3.20. The Kier molecular flexibility index (Phi) is 7.43. The van der Waals surface area contributed by atoms with Crippen molar-refractivity contribution < 1.29 is 9.53 Å². The van der Waals surface area contributed by atoms with Crippen molar-refractivity contribution in [1.82, 2.24) is 5.32 Å². The first-order valence-electron chi connectivity index (χ1n) is 9.98. The van der Waals surface area contributed by atoms with Crippen LogP contribution in [0.25, 0.3) is 0 Å². The second-order valence-corrected chi connectivity index (χ2v) is 7.13. The van der Waals surface area contributed by atoms with E-state index in [9.17, 15) is 4.79 Å². The molecule has 1 saturated heterocycles. The lowest BCUT2D eigenvalue weighted by molar-refractivity contribution is -0.118. The molecule has 1 atom stereocenters. The van der Waals surface area contributed by atoms with E-state index in [-0.39, 0.29) is 12.0 Å². The summed E-state index contributed by atoms with van der Waals surface area (Å²) in [5.74, 6) is 0.238. The molecule has 1 heterocycles. The predicted molar refractivity (Wildman–Crippen MR) is 110 cm³/mol. The lowest BCUT2D eigenvalue weighted by Crippen LogP contribution is -2.30. The van der Waals surface area contributed by atoms with Crippen molar-refractivity contribution in [2.75, 3.05) is 25.0 Å². The topological polar surface area (TPSA) is 41.6 Å². The molecule has 0 aromatic heterocycles. The summed E-state index contributed by atoms with van der Waals surface area (Å²) in [6.45, 7) is 2.26. The zero-order valence-corrected chi connectivity index (χ0v) is 16.2. The number of rotatable bonds is 8. The van der Waals surface area contributed by atoms with Crippen LogP contribution in [0.1, 0.15) is 49.3 Å². The van der Waals surface area contributed by atoms with Gasteiger partial charge in [-0.05, 0) is 56.1 Å². The largest absolute Gasteiger partial charge is 0.369 e. The summed E-state index contributed by atoms with van der Waals surface area (Å²) in [4.78, 5) is 14.3. The molecule has 3 rings (SSSR count). The van der Waals surface area contributed by atoms with E-state index in [0.717, 1.165) is 50.0 Å². The van der Waals surface area contributed by atoms with Crippen LogP contribution >= 0.6 is 0 Å². The van der Waals surface area contributed by atoms with Crippen molar-refractivity contribution in [1.29, 1.82) is 0 Å². The molecule has 1 aliphatic heterocycles. The molecule has 1 aliphatic rings. The fourth-order valence-corrected chi connectivity index (χ4v) is 3.56. The third-order valence-corrected chi connectivity index (χ3v) is 5.07. The van der Waals surface area contributed by atoms with Crippen LogP contribution in [0.2, 0.25) is 0 Å². The van der Waals surface area contributed by atoms with Gasteiger partial charge in [-0.1, -0.05) is 48.9 Å². The van der Waals surface area contributed by atoms with E-state index in [1.54, 1.807) is 0 Å². The highest BCUT2D eigenvalue weighted by Gasteiger charge is 2.18. The van der Waals surface area contributed by atoms with Crippen molar-refractivity contribution in [3.05, 3.63) is 65.7 Å². The van der Waals surface area contributed by atoms with Gasteiger partial charge >= 0.3 is 0 Å². The van der Waals surface area contributed by atoms with Gasteiger partial charge in [-0.2, -0.15) is 0 Å². The van der Waals surface area contributed by atoms with Gasteiger partial charge in [-0.25, -0.2) is 0 Å². The first-order chi connectivity index (χ1) is 13.3. The average molecular weight is 367 g/mol. The number of benzene rings is 2. The molecule has 0 saturated carbocycles. The highest BCUT2D eigenvalue weighted by atomic mass is 16.5. The lowest BCUT2D eigenvalue weighted by atomic mass is 10.1. The summed E-state index contributed by atoms with van der Waals surface area (Å²) >= 11 is 0. The Bertz CT molecular complexity index is 717. The standard InChI is InChI=1S/C23H30N2O2/c1-24-15-14-22(20-10-4-2-5-11-20)27-18-19-9-8-12-21(17-19)25-16-7-3-6-13-23(25)26/h2,4-5,8-12,17,22,24H,3,6-7,13-16,18H2,1H3. The van der Waals surface area contributed by atoms with E-state index in [4.69, 9.17) is 4.74 Å². The Hall–Kier alpha value is -2.17. The SMILES string of the molecule is CNCCC(OCc1cccc(N2CCCCCC2=O)c1)c1ccccc1. The molecule has 1 amide bonds. The normalized spacial score (nSPS) is 16.2. The smallest absolute Gasteiger partial charge is 0.226 e. The molecule has 4 nitrogen and oxygen atoms in total. The molecular weight excluding hydrogens is 336 g/mol. The van der Waals surface area contributed by atoms with Gasteiger partial charge in [0, 0.05) is 18.7 Å². The Morgan fingerprint density at radius 2 is 1.93 bits per heavy atom. The highest BCUT2D eigenvalue weighted by molar-refractivity contribution is 5.93. The maximum atomic E-state index is 12.4. The number of hydrogen-bond donors (Lipinski definition) is 1. The highest BCUT2D eigenvalue weighted by Crippen LogP contribution is 2.25. The molecule has 1 fully saturated rings. The van der Waals surface area contributed by atoms with Crippen LogP contribution in [0.3, 0.4) is 0 Å². The Morgan fingerprint density at radius 3 is 2.74 bits per heavy atom. The molecule has 0 bridgehead atoms. The minimum atomic E-state index is 0.0575. The van der Waals surface area contributed by atoms with E-state index in [0.29, 0.717) is 13.0 Å². The van der Waals surface area contributed by atoms with Gasteiger partial charge in [0.25, 0.3) is 0 Å². The van der Waals surface area contributed by atoms with Gasteiger partial charge in [0.1, 0.15) is 0 Å². The van der Waals surface area contributed by atoms with Gasteiger partial charge in [-0.15, -0.1) is 0 Å². The van der Waals surface area contributed by atoms with Gasteiger partial charge < -0.3 is 15.0 Å². The van der Waals surface area contributed by atoms with Crippen LogP contribution < -0.4 is 10.2 Å². The van der Waals surface area contributed by atoms with Crippen LogP contribution in [0.4, 0.5) is 5.69 Å². The van der Waals surface area contributed by atoms with E-state index >= 15 is 0 Å². The number of nitrogens with one attached hydrogen (secondary N) is 1. The van der Waals surface area contributed by atoms with E-state index in [1.165, 1.54) is 5.56 Å². The van der Waals surface area contributed by atoms with Gasteiger partial charge in [0.05, 0.1) is 12.7 Å². The number of anilines is 1. The number of nitrogens with zero attached hydrogens (tertiary/aromatic N) is 1. The van der Waals surface area contributed by atoms with E-state index in [2.05, 4.69) is 41.7 Å². The summed E-state index contributed by atoms with van der Waals surface area (Å²) in [7, 11) is 1.96. The maximum Gasteiger partial charge on any atom is 0.226 e. The van der Waals surface area contributed by atoms with Crippen molar-refractivity contribution in [3.8, 4) is 0 Å². The van der Waals surface area contributed by atoms with Crippen molar-refractivity contribution in [2.24, 2.45) is 0 Å². The van der Waals surface area contributed by atoms with E-state index < -0.39 is 0 Å². The van der Waals surface area contributed by atoms with Crippen LogP contribution in [-0.2, 0) is 16.1 Å². The first-order valence-corrected chi connectivity index (χ1v) is 9.98. The van der Waals surface area contributed by atoms with Crippen molar-refractivity contribution in [2.45, 2.75) is 44.8 Å². The number of carbonyl (C=O) groups is 1. The van der Waals surface area contributed by atoms with E-state index in [1.807, 2.05) is 30.1 Å². The number of carbonyl (C=O) groups excluding carboxylic acids is 1. The Morgan fingerprint density at radius 1 is 1.07 bits per heavy atom. The predicted octanol–water partition coefficient (Wildman–Crippen LogP) is 4.46. The summed E-state index contributed by atoms with van der Waals surface area (Å²) < 4.78 is 6.27. The number of amides is 1. The average Bonchev–Trinajstić information content (AvgIpc) is 2.93. The monoisotopic (exact) mass is 366 g/mol. The zero-order chi connectivity index (χ0) is 18.9. The third kappa shape index (κ3) is 5.65. The molecule has 2 aromatic carbocycles. The molecule has 27 heavy (non-hydrogen) atoms. The fourth-order valence-electron chi connectivity index (χ4n) is 3.56. The van der Waals surface area contributed by atoms with Gasteiger partial charge in [0.15, 0.2) is 0 Å². The van der Waals surface area contributed by atoms with Crippen LogP contribution in [0.5, 0.6) is 0 Å². The van der Waals surface area contributed by atoms with Crippen molar-refractivity contribution >= 4 is 11.6 Å². The van der Waals surface area contributed by atoms with Gasteiger partial charge in [0.2, 0.25) is 5.91 Å². The summed E-state index contributed by atoms with van der Waals surface area (Å²) in [5.41, 5.74) is 3.30. The summed E-state index contributed by atoms with van der Waals surface area (Å²) in [6, 6.07) is 18.6. The number of hydrogen-bond acceptors (Lipinski definition) is 3. The Labute approximate surface area is 162 Å². The molecule has 1 N–H and O–H groups in total. The zero-order valence-electron chi connectivity index (χ0n) is 16.2. The van der Waals surface area contributed by atoms with Crippen LogP contribution in [0.15, 0.2) is 54.6 Å². The molecule has 0 spiro atoms. The fraction of sp³-hybridized carbons (Fsp3) is 0.435. The molecule has 0 aliphatic carbocycles. The molecule has 1 unspecified atom stereocenters. The van der Waals surface area contributed by atoms with Crippen LogP contribution in [-0.4, -0.2) is 26.0 Å². The second kappa shape index (κ2) is 10.2. The quantitative estimate of drug-likeness (QED) is 0.750. The minimum Gasteiger partial charge on any atom is -0.369 e.